The lowest BCUT2D eigenvalue weighted by Crippen LogP contribution is -2.56. The molecular formula is C9H17N3O2. The minimum Gasteiger partial charge on any atom is -0.353 e. The van der Waals surface area contributed by atoms with Gasteiger partial charge in [0.1, 0.15) is 6.04 Å². The first-order chi connectivity index (χ1) is 6.66. The Morgan fingerprint density at radius 2 is 2.43 bits per heavy atom. The van der Waals surface area contributed by atoms with Gasteiger partial charge in [0.25, 0.3) is 0 Å². The Morgan fingerprint density at radius 3 is 3.07 bits per heavy atom. The fraction of sp³-hybridized carbons (Fsp3) is 0.778. The summed E-state index contributed by atoms with van der Waals surface area (Å²) in [5.74, 6) is -0.0178. The van der Waals surface area contributed by atoms with E-state index in [0.29, 0.717) is 26.1 Å². The van der Waals surface area contributed by atoms with Crippen LogP contribution in [-0.2, 0) is 9.59 Å². The quantitative estimate of drug-likeness (QED) is 0.609. The van der Waals surface area contributed by atoms with Crippen LogP contribution >= 0.6 is 0 Å². The first kappa shape index (κ1) is 11.0. The summed E-state index contributed by atoms with van der Waals surface area (Å²) >= 11 is 0. The van der Waals surface area contributed by atoms with Gasteiger partial charge >= 0.3 is 0 Å². The Morgan fingerprint density at radius 1 is 1.71 bits per heavy atom. The van der Waals surface area contributed by atoms with Gasteiger partial charge in [0.05, 0.1) is 0 Å². The van der Waals surface area contributed by atoms with E-state index in [9.17, 15) is 9.59 Å². The van der Waals surface area contributed by atoms with Gasteiger partial charge in [0, 0.05) is 26.1 Å². The van der Waals surface area contributed by atoms with E-state index < -0.39 is 0 Å². The maximum absolute atomic E-state index is 11.6. The van der Waals surface area contributed by atoms with Crippen molar-refractivity contribution in [1.29, 1.82) is 0 Å². The maximum Gasteiger partial charge on any atom is 0.242 e. The molecule has 80 valence electrons. The molecule has 2 N–H and O–H groups in total. The molecule has 0 saturated carbocycles. The van der Waals surface area contributed by atoms with E-state index in [2.05, 4.69) is 10.6 Å². The van der Waals surface area contributed by atoms with Gasteiger partial charge < -0.3 is 15.5 Å². The highest BCUT2D eigenvalue weighted by molar-refractivity contribution is 5.88. The number of amides is 2. The van der Waals surface area contributed by atoms with Crippen LogP contribution in [0.3, 0.4) is 0 Å². The Balaban J connectivity index is 2.49. The van der Waals surface area contributed by atoms with E-state index in [1.807, 2.05) is 0 Å². The zero-order valence-electron chi connectivity index (χ0n) is 8.67. The van der Waals surface area contributed by atoms with Crippen LogP contribution in [0.1, 0.15) is 13.3 Å². The van der Waals surface area contributed by atoms with Crippen molar-refractivity contribution in [3.8, 4) is 0 Å². The zero-order valence-corrected chi connectivity index (χ0v) is 8.67. The van der Waals surface area contributed by atoms with Gasteiger partial charge in [-0.1, -0.05) is 0 Å². The SMILES string of the molecule is CNCCC(=O)N1CCNC(=O)C1C. The van der Waals surface area contributed by atoms with Gasteiger partial charge in [-0.3, -0.25) is 9.59 Å². The molecule has 0 aliphatic carbocycles. The third-order valence-corrected chi connectivity index (χ3v) is 2.41. The molecule has 2 amide bonds. The summed E-state index contributed by atoms with van der Waals surface area (Å²) in [6.45, 7) is 3.60. The van der Waals surface area contributed by atoms with Crippen molar-refractivity contribution < 1.29 is 9.59 Å². The molecule has 0 radical (unpaired) electrons. The van der Waals surface area contributed by atoms with E-state index in [4.69, 9.17) is 0 Å². The van der Waals surface area contributed by atoms with Crippen molar-refractivity contribution in [2.24, 2.45) is 0 Å². The molecule has 1 saturated heterocycles. The summed E-state index contributed by atoms with van der Waals surface area (Å²) in [6.07, 6.45) is 0.452. The molecule has 1 atom stereocenters. The number of hydrogen-bond donors (Lipinski definition) is 2. The lowest BCUT2D eigenvalue weighted by Gasteiger charge is -2.32. The van der Waals surface area contributed by atoms with Crippen molar-refractivity contribution in [1.82, 2.24) is 15.5 Å². The van der Waals surface area contributed by atoms with Crippen molar-refractivity contribution >= 4 is 11.8 Å². The predicted octanol–water partition coefficient (Wildman–Crippen LogP) is -1.06. The van der Waals surface area contributed by atoms with Crippen LogP contribution in [0.25, 0.3) is 0 Å². The highest BCUT2D eigenvalue weighted by atomic mass is 16.2. The van der Waals surface area contributed by atoms with Crippen LogP contribution < -0.4 is 10.6 Å². The van der Waals surface area contributed by atoms with Crippen LogP contribution in [0.5, 0.6) is 0 Å². The monoisotopic (exact) mass is 199 g/mol. The molecule has 5 heteroatoms. The smallest absolute Gasteiger partial charge is 0.242 e. The Kier molecular flexibility index (Phi) is 3.88. The summed E-state index contributed by atoms with van der Waals surface area (Å²) in [5, 5.41) is 5.64. The number of rotatable bonds is 3. The van der Waals surface area contributed by atoms with Crippen LogP contribution in [0.4, 0.5) is 0 Å². The topological polar surface area (TPSA) is 61.4 Å². The Labute approximate surface area is 83.8 Å². The summed E-state index contributed by atoms with van der Waals surface area (Å²) in [4.78, 5) is 24.5. The van der Waals surface area contributed by atoms with Gasteiger partial charge in [-0.2, -0.15) is 0 Å². The fourth-order valence-corrected chi connectivity index (χ4v) is 1.50. The number of hydrogen-bond acceptors (Lipinski definition) is 3. The van der Waals surface area contributed by atoms with Gasteiger partial charge in [-0.25, -0.2) is 0 Å². The highest BCUT2D eigenvalue weighted by Gasteiger charge is 2.28. The minimum absolute atomic E-state index is 0.0432. The predicted molar refractivity (Wildman–Crippen MR) is 52.7 cm³/mol. The molecule has 0 bridgehead atoms. The van der Waals surface area contributed by atoms with Gasteiger partial charge in [0.15, 0.2) is 0 Å². The summed E-state index contributed by atoms with van der Waals surface area (Å²) in [6, 6.07) is -0.326. The number of carbonyl (C=O) groups is 2. The van der Waals surface area contributed by atoms with Crippen molar-refractivity contribution in [2.75, 3.05) is 26.7 Å². The molecular weight excluding hydrogens is 182 g/mol. The summed E-state index contributed by atoms with van der Waals surface area (Å²) < 4.78 is 0. The maximum atomic E-state index is 11.6. The second-order valence-corrected chi connectivity index (χ2v) is 3.41. The molecule has 0 spiro atoms. The van der Waals surface area contributed by atoms with E-state index >= 15 is 0 Å². The van der Waals surface area contributed by atoms with Crippen LogP contribution in [-0.4, -0.2) is 49.4 Å². The molecule has 0 aromatic carbocycles. The van der Waals surface area contributed by atoms with Crippen molar-refractivity contribution in [3.05, 3.63) is 0 Å². The normalized spacial score (nSPS) is 22.0. The molecule has 14 heavy (non-hydrogen) atoms. The number of nitrogens with one attached hydrogen (secondary N) is 2. The van der Waals surface area contributed by atoms with E-state index in [-0.39, 0.29) is 17.9 Å². The number of carbonyl (C=O) groups excluding carboxylic acids is 2. The molecule has 0 aromatic rings. The standard InChI is InChI=1S/C9H17N3O2/c1-7-9(14)11-5-6-12(7)8(13)3-4-10-2/h7,10H,3-6H2,1-2H3,(H,11,14). The highest BCUT2D eigenvalue weighted by Crippen LogP contribution is 2.05. The first-order valence-electron chi connectivity index (χ1n) is 4.88. The second kappa shape index (κ2) is 4.95. The molecule has 1 aliphatic rings. The average molecular weight is 199 g/mol. The van der Waals surface area contributed by atoms with Gasteiger partial charge in [0.2, 0.25) is 11.8 Å². The minimum atomic E-state index is -0.326. The van der Waals surface area contributed by atoms with Crippen LogP contribution in [0.15, 0.2) is 0 Å². The second-order valence-electron chi connectivity index (χ2n) is 3.41. The summed E-state index contributed by atoms with van der Waals surface area (Å²) in [5.41, 5.74) is 0. The third-order valence-electron chi connectivity index (χ3n) is 2.41. The van der Waals surface area contributed by atoms with Crippen LogP contribution in [0.2, 0.25) is 0 Å². The number of nitrogens with zero attached hydrogens (tertiary/aromatic N) is 1. The first-order valence-corrected chi connectivity index (χ1v) is 4.88. The van der Waals surface area contributed by atoms with Crippen molar-refractivity contribution in [3.63, 3.8) is 0 Å². The largest absolute Gasteiger partial charge is 0.353 e. The number of piperazine rings is 1. The van der Waals surface area contributed by atoms with Crippen molar-refractivity contribution in [2.45, 2.75) is 19.4 Å². The third kappa shape index (κ3) is 2.45. The van der Waals surface area contributed by atoms with E-state index in [1.54, 1.807) is 18.9 Å². The molecule has 1 fully saturated rings. The molecule has 5 nitrogen and oxygen atoms in total. The van der Waals surface area contributed by atoms with E-state index in [0.717, 1.165) is 0 Å². The molecule has 1 unspecified atom stereocenters. The molecule has 1 rings (SSSR count). The van der Waals surface area contributed by atoms with E-state index in [1.165, 1.54) is 0 Å². The lowest BCUT2D eigenvalue weighted by atomic mass is 10.2. The van der Waals surface area contributed by atoms with Crippen LogP contribution in [0, 0.1) is 0 Å². The Hall–Kier alpha value is -1.10. The average Bonchev–Trinajstić information content (AvgIpc) is 2.18. The zero-order chi connectivity index (χ0) is 10.6. The van der Waals surface area contributed by atoms with Gasteiger partial charge in [-0.15, -0.1) is 0 Å². The molecule has 1 aliphatic heterocycles. The summed E-state index contributed by atoms with van der Waals surface area (Å²) in [7, 11) is 1.81. The molecule has 0 aromatic heterocycles. The molecule has 1 heterocycles. The lowest BCUT2D eigenvalue weighted by molar-refractivity contribution is -0.142. The van der Waals surface area contributed by atoms with Gasteiger partial charge in [-0.05, 0) is 14.0 Å². The Bertz CT molecular complexity index is 230. The fourth-order valence-electron chi connectivity index (χ4n) is 1.50.